The standard InChI is InChI=1S/C44H27N5S2/c45-28-30-17-21-32(22-18-30)47(33-23-19-31(29-46)20-24-33)34-25-35(48-37-9-1-5-13-41(37)50-42-14-6-2-10-38(42)48)27-36(26-34)49-39-11-3-7-15-43(39)51-44-16-8-4-12-40(44)49/h1-27H. The third kappa shape index (κ3) is 5.46. The summed E-state index contributed by atoms with van der Waals surface area (Å²) in [6.45, 7) is 0. The molecule has 0 atom stereocenters. The van der Waals surface area contributed by atoms with Gasteiger partial charge in [0.1, 0.15) is 0 Å². The van der Waals surface area contributed by atoms with Crippen LogP contribution in [-0.2, 0) is 0 Å². The van der Waals surface area contributed by atoms with Gasteiger partial charge < -0.3 is 14.7 Å². The number of hydrogen-bond acceptors (Lipinski definition) is 7. The van der Waals surface area contributed by atoms with Gasteiger partial charge in [-0.1, -0.05) is 72.1 Å². The maximum atomic E-state index is 9.63. The Labute approximate surface area is 305 Å². The molecule has 7 heteroatoms. The van der Waals surface area contributed by atoms with Gasteiger partial charge in [0.15, 0.2) is 0 Å². The molecule has 2 aliphatic heterocycles. The monoisotopic (exact) mass is 689 g/mol. The molecule has 0 N–H and O–H groups in total. The molecule has 0 fully saturated rings. The molecule has 0 saturated carbocycles. The van der Waals surface area contributed by atoms with Crippen molar-refractivity contribution in [1.29, 1.82) is 10.5 Å². The van der Waals surface area contributed by atoms with Crippen molar-refractivity contribution in [3.8, 4) is 12.1 Å². The van der Waals surface area contributed by atoms with Crippen LogP contribution in [0.15, 0.2) is 183 Å². The van der Waals surface area contributed by atoms with Gasteiger partial charge in [-0.25, -0.2) is 0 Å². The van der Waals surface area contributed by atoms with E-state index in [1.807, 2.05) is 48.5 Å². The third-order valence-corrected chi connectivity index (χ3v) is 11.3. The molecular formula is C44H27N5S2. The largest absolute Gasteiger partial charge is 0.310 e. The summed E-state index contributed by atoms with van der Waals surface area (Å²) < 4.78 is 0. The van der Waals surface area contributed by atoms with Crippen LogP contribution in [0.25, 0.3) is 0 Å². The Bertz CT molecular complexity index is 2270. The molecule has 0 bridgehead atoms. The second-order valence-electron chi connectivity index (χ2n) is 12.1. The number of hydrogen-bond donors (Lipinski definition) is 0. The van der Waals surface area contributed by atoms with E-state index in [1.165, 1.54) is 19.6 Å². The Morgan fingerprint density at radius 1 is 0.392 bits per heavy atom. The van der Waals surface area contributed by atoms with E-state index < -0.39 is 0 Å². The van der Waals surface area contributed by atoms with Gasteiger partial charge in [0.05, 0.1) is 63.1 Å². The fraction of sp³-hybridized carbons (Fsp3) is 0. The molecule has 0 unspecified atom stereocenters. The number of nitriles is 2. The predicted molar refractivity (Wildman–Crippen MR) is 208 cm³/mol. The van der Waals surface area contributed by atoms with Crippen LogP contribution in [-0.4, -0.2) is 0 Å². The quantitative estimate of drug-likeness (QED) is 0.178. The summed E-state index contributed by atoms with van der Waals surface area (Å²) >= 11 is 3.58. The van der Waals surface area contributed by atoms with Crippen molar-refractivity contribution in [2.45, 2.75) is 19.6 Å². The molecule has 5 nitrogen and oxygen atoms in total. The van der Waals surface area contributed by atoms with Crippen LogP contribution in [0.4, 0.5) is 51.2 Å². The zero-order valence-electron chi connectivity index (χ0n) is 27.1. The lowest BCUT2D eigenvalue weighted by atomic mass is 10.1. The average Bonchev–Trinajstić information content (AvgIpc) is 3.19. The smallest absolute Gasteiger partial charge is 0.0991 e. The van der Waals surface area contributed by atoms with Gasteiger partial charge in [0.2, 0.25) is 0 Å². The van der Waals surface area contributed by atoms with Gasteiger partial charge in [0, 0.05) is 31.0 Å². The Morgan fingerprint density at radius 3 is 1.06 bits per heavy atom. The van der Waals surface area contributed by atoms with Crippen LogP contribution in [0.1, 0.15) is 11.1 Å². The van der Waals surface area contributed by atoms with Crippen LogP contribution in [0, 0.1) is 22.7 Å². The first kappa shape index (κ1) is 30.7. The van der Waals surface area contributed by atoms with Gasteiger partial charge in [-0.2, -0.15) is 10.5 Å². The van der Waals surface area contributed by atoms with Gasteiger partial charge >= 0.3 is 0 Å². The number of nitrogens with zero attached hydrogens (tertiary/aromatic N) is 5. The highest BCUT2D eigenvalue weighted by Gasteiger charge is 2.29. The normalized spacial score (nSPS) is 12.4. The highest BCUT2D eigenvalue weighted by atomic mass is 32.2. The number of benzene rings is 7. The minimum atomic E-state index is 0.589. The van der Waals surface area contributed by atoms with E-state index in [-0.39, 0.29) is 0 Å². The second kappa shape index (κ2) is 12.8. The van der Waals surface area contributed by atoms with Crippen LogP contribution >= 0.6 is 23.5 Å². The van der Waals surface area contributed by atoms with Crippen molar-refractivity contribution in [2.24, 2.45) is 0 Å². The minimum absolute atomic E-state index is 0.589. The summed E-state index contributed by atoms with van der Waals surface area (Å²) in [6.07, 6.45) is 0. The van der Waals surface area contributed by atoms with Crippen molar-refractivity contribution < 1.29 is 0 Å². The SMILES string of the molecule is N#Cc1ccc(N(c2ccc(C#N)cc2)c2cc(N3c4ccccc4Sc4ccccc43)cc(N3c4ccccc4Sc4ccccc43)c2)cc1. The van der Waals surface area contributed by atoms with Gasteiger partial charge in [-0.3, -0.25) is 0 Å². The van der Waals surface area contributed by atoms with Crippen molar-refractivity contribution in [3.05, 3.63) is 175 Å². The Balaban J connectivity index is 1.34. The first-order valence-electron chi connectivity index (χ1n) is 16.5. The zero-order chi connectivity index (χ0) is 34.3. The summed E-state index contributed by atoms with van der Waals surface area (Å²) in [7, 11) is 0. The van der Waals surface area contributed by atoms with Crippen LogP contribution in [0.3, 0.4) is 0 Å². The van der Waals surface area contributed by atoms with Crippen molar-refractivity contribution in [3.63, 3.8) is 0 Å². The Hall–Kier alpha value is -6.38. The summed E-state index contributed by atoms with van der Waals surface area (Å²) in [5.74, 6) is 0. The van der Waals surface area contributed by atoms with Crippen LogP contribution < -0.4 is 14.7 Å². The average molecular weight is 690 g/mol. The number of para-hydroxylation sites is 4. The predicted octanol–water partition coefficient (Wildman–Crippen LogP) is 12.8. The lowest BCUT2D eigenvalue weighted by Crippen LogP contribution is -2.19. The first-order chi connectivity index (χ1) is 25.2. The van der Waals surface area contributed by atoms with E-state index in [0.717, 1.165) is 51.2 Å². The van der Waals surface area contributed by atoms with Gasteiger partial charge in [0.25, 0.3) is 0 Å². The molecule has 2 heterocycles. The lowest BCUT2D eigenvalue weighted by molar-refractivity contribution is 1.14. The first-order valence-corrected chi connectivity index (χ1v) is 18.1. The number of anilines is 9. The highest BCUT2D eigenvalue weighted by molar-refractivity contribution is 8.00. The van der Waals surface area contributed by atoms with Crippen molar-refractivity contribution in [1.82, 2.24) is 0 Å². The number of fused-ring (bicyclic) bond motifs is 4. The lowest BCUT2D eigenvalue weighted by Gasteiger charge is -2.37. The van der Waals surface area contributed by atoms with E-state index in [0.29, 0.717) is 11.1 Å². The van der Waals surface area contributed by atoms with Crippen molar-refractivity contribution in [2.75, 3.05) is 14.7 Å². The fourth-order valence-electron chi connectivity index (χ4n) is 6.75. The van der Waals surface area contributed by atoms with E-state index in [1.54, 1.807) is 23.5 Å². The topological polar surface area (TPSA) is 57.3 Å². The molecular weight excluding hydrogens is 663 g/mol. The molecule has 0 spiro atoms. The third-order valence-electron chi connectivity index (χ3n) is 9.04. The molecule has 0 radical (unpaired) electrons. The van der Waals surface area contributed by atoms with Crippen LogP contribution in [0.5, 0.6) is 0 Å². The van der Waals surface area contributed by atoms with E-state index in [9.17, 15) is 10.5 Å². The molecule has 2 aliphatic rings. The van der Waals surface area contributed by atoms with Crippen LogP contribution in [0.2, 0.25) is 0 Å². The van der Waals surface area contributed by atoms with Gasteiger partial charge in [-0.15, -0.1) is 0 Å². The minimum Gasteiger partial charge on any atom is -0.310 e. The maximum Gasteiger partial charge on any atom is 0.0991 e. The molecule has 7 aromatic carbocycles. The maximum absolute atomic E-state index is 9.63. The molecule has 9 rings (SSSR count). The van der Waals surface area contributed by atoms with E-state index >= 15 is 0 Å². The second-order valence-corrected chi connectivity index (χ2v) is 14.3. The summed E-state index contributed by atoms with van der Waals surface area (Å²) in [5.41, 5.74) is 10.4. The summed E-state index contributed by atoms with van der Waals surface area (Å²) in [6, 6.07) is 60.8. The zero-order valence-corrected chi connectivity index (χ0v) is 28.8. The van der Waals surface area contributed by atoms with E-state index in [2.05, 4.69) is 142 Å². The summed E-state index contributed by atoms with van der Waals surface area (Å²) in [5, 5.41) is 19.3. The molecule has 51 heavy (non-hydrogen) atoms. The van der Waals surface area contributed by atoms with E-state index in [4.69, 9.17) is 0 Å². The molecule has 0 amide bonds. The molecule has 7 aromatic rings. The Morgan fingerprint density at radius 2 is 0.725 bits per heavy atom. The van der Waals surface area contributed by atoms with Gasteiger partial charge in [-0.05, 0) is 115 Å². The molecule has 0 saturated heterocycles. The summed E-state index contributed by atoms with van der Waals surface area (Å²) in [4.78, 5) is 11.7. The fourth-order valence-corrected chi connectivity index (χ4v) is 8.87. The Kier molecular flexibility index (Phi) is 7.71. The molecule has 0 aromatic heterocycles. The number of rotatable bonds is 5. The van der Waals surface area contributed by atoms with Crippen molar-refractivity contribution >= 4 is 74.7 Å². The molecule has 240 valence electrons. The highest BCUT2D eigenvalue weighted by Crippen LogP contribution is 2.55. The molecule has 0 aliphatic carbocycles.